The van der Waals surface area contributed by atoms with Gasteiger partial charge in [-0.05, 0) is 38.5 Å². The highest BCUT2D eigenvalue weighted by Gasteiger charge is 2.26. The van der Waals surface area contributed by atoms with Crippen LogP contribution in [0.4, 0.5) is 11.5 Å². The van der Waals surface area contributed by atoms with E-state index in [2.05, 4.69) is 5.10 Å². The van der Waals surface area contributed by atoms with Crippen molar-refractivity contribution in [2.45, 2.75) is 33.4 Å². The summed E-state index contributed by atoms with van der Waals surface area (Å²) in [5.74, 6) is 1.28. The average molecular weight is 318 g/mol. The molecule has 0 N–H and O–H groups in total. The molecule has 1 heterocycles. The SMILES string of the molecule is Cc1nn(C)c(N(C)Cc2cccc(OC(C)C)c2)c1[N+](=O)[O-]. The third-order valence-electron chi connectivity index (χ3n) is 3.40. The first-order valence-corrected chi connectivity index (χ1v) is 7.44. The predicted molar refractivity (Wildman–Crippen MR) is 88.9 cm³/mol. The van der Waals surface area contributed by atoms with Crippen molar-refractivity contribution in [2.75, 3.05) is 11.9 Å². The van der Waals surface area contributed by atoms with E-state index in [0.29, 0.717) is 18.1 Å². The Morgan fingerprint density at radius 1 is 1.43 bits per heavy atom. The van der Waals surface area contributed by atoms with Crippen LogP contribution >= 0.6 is 0 Å². The molecule has 7 heteroatoms. The number of rotatable bonds is 6. The third-order valence-corrected chi connectivity index (χ3v) is 3.40. The average Bonchev–Trinajstić information content (AvgIpc) is 2.73. The van der Waals surface area contributed by atoms with Crippen LogP contribution in [0.2, 0.25) is 0 Å². The normalized spacial score (nSPS) is 10.9. The number of benzene rings is 1. The van der Waals surface area contributed by atoms with Crippen molar-refractivity contribution in [3.63, 3.8) is 0 Å². The van der Waals surface area contributed by atoms with E-state index in [4.69, 9.17) is 4.74 Å². The molecule has 7 nitrogen and oxygen atoms in total. The van der Waals surface area contributed by atoms with Gasteiger partial charge in [0, 0.05) is 20.6 Å². The van der Waals surface area contributed by atoms with E-state index in [9.17, 15) is 10.1 Å². The summed E-state index contributed by atoms with van der Waals surface area (Å²) in [6.07, 6.45) is 0.101. The number of aryl methyl sites for hydroxylation is 2. The van der Waals surface area contributed by atoms with Gasteiger partial charge < -0.3 is 9.64 Å². The first-order valence-electron chi connectivity index (χ1n) is 7.44. The Labute approximate surface area is 135 Å². The van der Waals surface area contributed by atoms with Gasteiger partial charge in [0.25, 0.3) is 0 Å². The van der Waals surface area contributed by atoms with Crippen LogP contribution in [-0.2, 0) is 13.6 Å². The molecule has 0 fully saturated rings. The molecule has 0 saturated heterocycles. The summed E-state index contributed by atoms with van der Waals surface area (Å²) in [5, 5.41) is 15.5. The summed E-state index contributed by atoms with van der Waals surface area (Å²) in [7, 11) is 3.53. The topological polar surface area (TPSA) is 73.4 Å². The van der Waals surface area contributed by atoms with E-state index in [1.807, 2.05) is 50.1 Å². The highest BCUT2D eigenvalue weighted by molar-refractivity contribution is 5.61. The lowest BCUT2D eigenvalue weighted by Gasteiger charge is -2.19. The van der Waals surface area contributed by atoms with Gasteiger partial charge in [-0.1, -0.05) is 12.1 Å². The molecule has 0 radical (unpaired) electrons. The third kappa shape index (κ3) is 3.80. The van der Waals surface area contributed by atoms with E-state index in [0.717, 1.165) is 11.3 Å². The summed E-state index contributed by atoms with van der Waals surface area (Å²) < 4.78 is 7.23. The van der Waals surface area contributed by atoms with Crippen LogP contribution in [0, 0.1) is 17.0 Å². The number of hydrogen-bond donors (Lipinski definition) is 0. The fourth-order valence-corrected chi connectivity index (χ4v) is 2.61. The van der Waals surface area contributed by atoms with Gasteiger partial charge in [-0.15, -0.1) is 0 Å². The number of aromatic nitrogens is 2. The van der Waals surface area contributed by atoms with Crippen LogP contribution in [0.3, 0.4) is 0 Å². The van der Waals surface area contributed by atoms with Crippen LogP contribution in [0.5, 0.6) is 5.75 Å². The minimum absolute atomic E-state index is 0.0459. The summed E-state index contributed by atoms with van der Waals surface area (Å²) in [4.78, 5) is 12.7. The fourth-order valence-electron chi connectivity index (χ4n) is 2.61. The van der Waals surface area contributed by atoms with E-state index < -0.39 is 0 Å². The van der Waals surface area contributed by atoms with Gasteiger partial charge >= 0.3 is 5.69 Å². The zero-order valence-corrected chi connectivity index (χ0v) is 14.1. The molecule has 0 aliphatic heterocycles. The Morgan fingerprint density at radius 2 is 2.13 bits per heavy atom. The zero-order chi connectivity index (χ0) is 17.1. The predicted octanol–water partition coefficient (Wildman–Crippen LogP) is 3.06. The monoisotopic (exact) mass is 318 g/mol. The Morgan fingerprint density at radius 3 is 2.74 bits per heavy atom. The standard InChI is InChI=1S/C16H22N4O3/c1-11(2)23-14-8-6-7-13(9-14)10-18(4)16-15(20(21)22)12(3)17-19(16)5/h6-9,11H,10H2,1-5H3. The Balaban J connectivity index is 2.26. The molecule has 23 heavy (non-hydrogen) atoms. The molecule has 0 amide bonds. The van der Waals surface area contributed by atoms with E-state index >= 15 is 0 Å². The molecule has 2 rings (SSSR count). The molecule has 124 valence electrons. The van der Waals surface area contributed by atoms with Crippen molar-refractivity contribution >= 4 is 11.5 Å². The Hall–Kier alpha value is -2.57. The number of nitro groups is 1. The quantitative estimate of drug-likeness (QED) is 0.604. The minimum atomic E-state index is -0.382. The van der Waals surface area contributed by atoms with Crippen molar-refractivity contribution in [1.29, 1.82) is 0 Å². The molecule has 1 aromatic heterocycles. The maximum absolute atomic E-state index is 11.3. The minimum Gasteiger partial charge on any atom is -0.491 e. The Bertz CT molecular complexity index is 709. The van der Waals surface area contributed by atoms with Crippen molar-refractivity contribution in [1.82, 2.24) is 9.78 Å². The van der Waals surface area contributed by atoms with Gasteiger partial charge in [0.1, 0.15) is 11.4 Å². The lowest BCUT2D eigenvalue weighted by atomic mass is 10.2. The number of nitrogens with zero attached hydrogens (tertiary/aromatic N) is 4. The molecule has 0 bridgehead atoms. The van der Waals surface area contributed by atoms with Gasteiger partial charge in [0.05, 0.1) is 11.0 Å². The van der Waals surface area contributed by atoms with E-state index in [-0.39, 0.29) is 16.7 Å². The molecule has 0 saturated carbocycles. The number of anilines is 1. The lowest BCUT2D eigenvalue weighted by molar-refractivity contribution is -0.384. The zero-order valence-electron chi connectivity index (χ0n) is 14.1. The molecule has 2 aromatic rings. The van der Waals surface area contributed by atoms with Crippen LogP contribution in [-0.4, -0.2) is 27.9 Å². The second kappa shape index (κ2) is 6.68. The first-order chi connectivity index (χ1) is 10.8. The van der Waals surface area contributed by atoms with E-state index in [1.165, 1.54) is 0 Å². The second-order valence-corrected chi connectivity index (χ2v) is 5.81. The van der Waals surface area contributed by atoms with Crippen LogP contribution < -0.4 is 9.64 Å². The summed E-state index contributed by atoms with van der Waals surface area (Å²) in [6.45, 7) is 6.11. The van der Waals surface area contributed by atoms with Crippen molar-refractivity contribution in [2.24, 2.45) is 7.05 Å². The largest absolute Gasteiger partial charge is 0.491 e. The second-order valence-electron chi connectivity index (χ2n) is 5.81. The molecule has 0 aliphatic rings. The van der Waals surface area contributed by atoms with Crippen molar-refractivity contribution in [3.05, 3.63) is 45.6 Å². The highest BCUT2D eigenvalue weighted by atomic mass is 16.6. The Kier molecular flexibility index (Phi) is 4.88. The fraction of sp³-hybridized carbons (Fsp3) is 0.438. The molecule has 0 aliphatic carbocycles. The van der Waals surface area contributed by atoms with Gasteiger partial charge in [-0.25, -0.2) is 4.68 Å². The molecule has 0 unspecified atom stereocenters. The highest BCUT2D eigenvalue weighted by Crippen LogP contribution is 2.31. The van der Waals surface area contributed by atoms with Crippen LogP contribution in [0.1, 0.15) is 25.1 Å². The summed E-state index contributed by atoms with van der Waals surface area (Å²) >= 11 is 0. The maximum atomic E-state index is 11.3. The van der Waals surface area contributed by atoms with Gasteiger partial charge in [-0.2, -0.15) is 5.10 Å². The first kappa shape index (κ1) is 16.8. The van der Waals surface area contributed by atoms with Gasteiger partial charge in [0.15, 0.2) is 0 Å². The molecule has 0 spiro atoms. The maximum Gasteiger partial charge on any atom is 0.333 e. The number of ether oxygens (including phenoxy) is 1. The van der Waals surface area contributed by atoms with Crippen LogP contribution in [0.15, 0.2) is 24.3 Å². The number of hydrogen-bond acceptors (Lipinski definition) is 5. The molecule has 0 atom stereocenters. The van der Waals surface area contributed by atoms with Gasteiger partial charge in [0.2, 0.25) is 5.82 Å². The smallest absolute Gasteiger partial charge is 0.333 e. The van der Waals surface area contributed by atoms with E-state index in [1.54, 1.807) is 18.7 Å². The molecular weight excluding hydrogens is 296 g/mol. The molecular formula is C16H22N4O3. The van der Waals surface area contributed by atoms with Crippen LogP contribution in [0.25, 0.3) is 0 Å². The van der Waals surface area contributed by atoms with Gasteiger partial charge in [-0.3, -0.25) is 10.1 Å². The lowest BCUT2D eigenvalue weighted by Crippen LogP contribution is -2.20. The molecule has 1 aromatic carbocycles. The summed E-state index contributed by atoms with van der Waals surface area (Å²) in [5.41, 5.74) is 1.47. The summed E-state index contributed by atoms with van der Waals surface area (Å²) in [6, 6.07) is 7.74. The van der Waals surface area contributed by atoms with Crippen molar-refractivity contribution < 1.29 is 9.66 Å². The van der Waals surface area contributed by atoms with Crippen molar-refractivity contribution in [3.8, 4) is 5.75 Å².